The Morgan fingerprint density at radius 1 is 1.06 bits per heavy atom. The van der Waals surface area contributed by atoms with Gasteiger partial charge in [-0.25, -0.2) is 0 Å². The number of hydrogen-bond acceptors (Lipinski definition) is 7. The minimum Gasteiger partial charge on any atom is -0.490 e. The third kappa shape index (κ3) is 7.15. The van der Waals surface area contributed by atoms with E-state index in [4.69, 9.17) is 9.47 Å². The SMILES string of the molecule is CCc1nnc(NC(=O)/C(C#N)=C\c2ccc(OCCOc3ccc(C(C)CC)cc3)cc2)s1. The zero-order valence-electron chi connectivity index (χ0n) is 19.6. The quantitative estimate of drug-likeness (QED) is 0.219. The summed E-state index contributed by atoms with van der Waals surface area (Å²) < 4.78 is 11.5. The Labute approximate surface area is 204 Å². The van der Waals surface area contributed by atoms with Crippen LogP contribution in [0.1, 0.15) is 49.2 Å². The fraction of sp³-hybridized carbons (Fsp3) is 0.308. The monoisotopic (exact) mass is 476 g/mol. The Hall–Kier alpha value is -3.70. The number of carbonyl (C=O) groups is 1. The Morgan fingerprint density at radius 3 is 2.21 bits per heavy atom. The van der Waals surface area contributed by atoms with Crippen molar-refractivity contribution in [3.8, 4) is 17.6 Å². The number of amides is 1. The number of nitriles is 1. The maximum atomic E-state index is 12.4. The van der Waals surface area contributed by atoms with E-state index in [1.54, 1.807) is 24.3 Å². The van der Waals surface area contributed by atoms with Gasteiger partial charge in [0, 0.05) is 0 Å². The second-order valence-corrected chi connectivity index (χ2v) is 8.68. The highest BCUT2D eigenvalue weighted by atomic mass is 32.1. The molecular weight excluding hydrogens is 448 g/mol. The first-order chi connectivity index (χ1) is 16.5. The van der Waals surface area contributed by atoms with E-state index >= 15 is 0 Å². The van der Waals surface area contributed by atoms with E-state index in [1.807, 2.05) is 25.1 Å². The third-order valence-electron chi connectivity index (χ3n) is 5.23. The molecule has 3 rings (SSSR count). The molecule has 0 aliphatic rings. The number of ether oxygens (including phenoxy) is 2. The molecular formula is C26H28N4O3S. The topological polar surface area (TPSA) is 97.1 Å². The zero-order chi connectivity index (χ0) is 24.3. The van der Waals surface area contributed by atoms with Crippen LogP contribution in [0.15, 0.2) is 54.1 Å². The van der Waals surface area contributed by atoms with Crippen molar-refractivity contribution in [1.82, 2.24) is 10.2 Å². The molecule has 7 nitrogen and oxygen atoms in total. The van der Waals surface area contributed by atoms with Crippen LogP contribution < -0.4 is 14.8 Å². The average Bonchev–Trinajstić information content (AvgIpc) is 3.33. The molecule has 0 spiro atoms. The number of aromatic nitrogens is 2. The number of hydrogen-bond donors (Lipinski definition) is 1. The molecule has 0 fully saturated rings. The average molecular weight is 477 g/mol. The molecule has 2 aromatic carbocycles. The lowest BCUT2D eigenvalue weighted by Gasteiger charge is -2.11. The van der Waals surface area contributed by atoms with Crippen molar-refractivity contribution in [3.63, 3.8) is 0 Å². The van der Waals surface area contributed by atoms with Gasteiger partial charge in [0.05, 0.1) is 0 Å². The van der Waals surface area contributed by atoms with Crippen molar-refractivity contribution in [2.24, 2.45) is 0 Å². The van der Waals surface area contributed by atoms with Crippen LogP contribution in [0.25, 0.3) is 6.08 Å². The number of anilines is 1. The van der Waals surface area contributed by atoms with Crippen LogP contribution >= 0.6 is 11.3 Å². The summed E-state index contributed by atoms with van der Waals surface area (Å²) >= 11 is 1.29. The van der Waals surface area contributed by atoms with E-state index in [-0.39, 0.29) is 5.57 Å². The summed E-state index contributed by atoms with van der Waals surface area (Å²) in [4.78, 5) is 12.4. The maximum Gasteiger partial charge on any atom is 0.268 e. The second-order valence-electron chi connectivity index (χ2n) is 7.62. The van der Waals surface area contributed by atoms with Gasteiger partial charge in [0.1, 0.15) is 41.4 Å². The van der Waals surface area contributed by atoms with Crippen molar-refractivity contribution in [3.05, 3.63) is 70.2 Å². The molecule has 0 aliphatic carbocycles. The van der Waals surface area contributed by atoms with Gasteiger partial charge in [0.15, 0.2) is 0 Å². The van der Waals surface area contributed by atoms with Crippen LogP contribution in [0.3, 0.4) is 0 Å². The van der Waals surface area contributed by atoms with Crippen molar-refractivity contribution in [2.45, 2.75) is 39.5 Å². The fourth-order valence-electron chi connectivity index (χ4n) is 3.03. The molecule has 1 N–H and O–H groups in total. The molecule has 0 radical (unpaired) electrons. The van der Waals surface area contributed by atoms with E-state index in [9.17, 15) is 10.1 Å². The van der Waals surface area contributed by atoms with E-state index in [1.165, 1.54) is 23.0 Å². The van der Waals surface area contributed by atoms with Gasteiger partial charge in [0.2, 0.25) is 5.13 Å². The first kappa shape index (κ1) is 24.9. The normalized spacial score (nSPS) is 12.0. The van der Waals surface area contributed by atoms with Crippen LogP contribution in [0, 0.1) is 11.3 Å². The predicted molar refractivity (Wildman–Crippen MR) is 134 cm³/mol. The standard InChI is InChI=1S/C26H28N4O3S/c1-4-18(3)20-8-12-23(13-9-20)33-15-14-32-22-10-6-19(7-11-22)16-21(17-27)25(31)28-26-30-29-24(5-2)34-26/h6-13,16,18H,4-5,14-15H2,1-3H3,(H,28,30,31)/b21-16-. The highest BCUT2D eigenvalue weighted by molar-refractivity contribution is 7.15. The minimum atomic E-state index is -0.518. The molecule has 1 unspecified atom stereocenters. The molecule has 34 heavy (non-hydrogen) atoms. The van der Waals surface area contributed by atoms with Crippen molar-refractivity contribution in [2.75, 3.05) is 18.5 Å². The lowest BCUT2D eigenvalue weighted by molar-refractivity contribution is -0.112. The van der Waals surface area contributed by atoms with Gasteiger partial charge < -0.3 is 9.47 Å². The first-order valence-corrected chi connectivity index (χ1v) is 12.0. The van der Waals surface area contributed by atoms with Gasteiger partial charge in [-0.05, 0) is 60.2 Å². The lowest BCUT2D eigenvalue weighted by Crippen LogP contribution is -2.13. The van der Waals surface area contributed by atoms with Crippen LogP contribution in [0.4, 0.5) is 5.13 Å². The molecule has 0 saturated carbocycles. The Morgan fingerprint density at radius 2 is 1.68 bits per heavy atom. The zero-order valence-corrected chi connectivity index (χ0v) is 20.4. The number of rotatable bonds is 11. The van der Waals surface area contributed by atoms with E-state index in [2.05, 4.69) is 41.5 Å². The molecule has 176 valence electrons. The van der Waals surface area contributed by atoms with E-state index in [0.29, 0.717) is 35.6 Å². The second kappa shape index (κ2) is 12.5. The van der Waals surface area contributed by atoms with E-state index in [0.717, 1.165) is 23.6 Å². The summed E-state index contributed by atoms with van der Waals surface area (Å²) in [5.74, 6) is 1.52. The van der Waals surface area contributed by atoms with Gasteiger partial charge in [-0.3, -0.25) is 10.1 Å². The summed E-state index contributed by atoms with van der Waals surface area (Å²) in [5, 5.41) is 21.1. The Bertz CT molecular complexity index is 1150. The summed E-state index contributed by atoms with van der Waals surface area (Å²) in [5.41, 5.74) is 2.00. The van der Waals surface area contributed by atoms with Crippen LogP contribution in [-0.2, 0) is 11.2 Å². The molecule has 1 heterocycles. The van der Waals surface area contributed by atoms with Crippen LogP contribution in [0.5, 0.6) is 11.5 Å². The number of benzene rings is 2. The number of carbonyl (C=O) groups excluding carboxylic acids is 1. The number of nitrogens with zero attached hydrogens (tertiary/aromatic N) is 3. The first-order valence-electron chi connectivity index (χ1n) is 11.2. The molecule has 1 amide bonds. The van der Waals surface area contributed by atoms with Gasteiger partial charge >= 0.3 is 0 Å². The summed E-state index contributed by atoms with van der Waals surface area (Å²) in [6.45, 7) is 7.17. The minimum absolute atomic E-state index is 0.0188. The third-order valence-corrected chi connectivity index (χ3v) is 6.21. The Balaban J connectivity index is 1.48. The molecule has 0 aliphatic heterocycles. The smallest absolute Gasteiger partial charge is 0.268 e. The molecule has 0 bridgehead atoms. The van der Waals surface area contributed by atoms with Gasteiger partial charge in [0.25, 0.3) is 5.91 Å². The van der Waals surface area contributed by atoms with Crippen molar-refractivity contribution < 1.29 is 14.3 Å². The van der Waals surface area contributed by atoms with E-state index < -0.39 is 5.91 Å². The van der Waals surface area contributed by atoms with Crippen LogP contribution in [0.2, 0.25) is 0 Å². The Kier molecular flexibility index (Phi) is 9.18. The molecule has 1 atom stereocenters. The molecule has 0 saturated heterocycles. The van der Waals surface area contributed by atoms with Crippen molar-refractivity contribution >= 4 is 28.5 Å². The van der Waals surface area contributed by atoms with Crippen molar-refractivity contribution in [1.29, 1.82) is 5.26 Å². The van der Waals surface area contributed by atoms with Crippen LogP contribution in [-0.4, -0.2) is 29.3 Å². The fourth-order valence-corrected chi connectivity index (χ4v) is 3.71. The predicted octanol–water partition coefficient (Wildman–Crippen LogP) is 5.62. The van der Waals surface area contributed by atoms with Gasteiger partial charge in [-0.2, -0.15) is 5.26 Å². The maximum absolute atomic E-state index is 12.4. The summed E-state index contributed by atoms with van der Waals surface area (Å²) in [7, 11) is 0. The number of aryl methyl sites for hydroxylation is 1. The molecule has 1 aromatic heterocycles. The largest absolute Gasteiger partial charge is 0.490 e. The molecule has 8 heteroatoms. The number of nitrogens with one attached hydrogen (secondary N) is 1. The highest BCUT2D eigenvalue weighted by Crippen LogP contribution is 2.22. The van der Waals surface area contributed by atoms with Gasteiger partial charge in [-0.15, -0.1) is 10.2 Å². The van der Waals surface area contributed by atoms with Gasteiger partial charge in [-0.1, -0.05) is 56.4 Å². The lowest BCUT2D eigenvalue weighted by atomic mass is 9.99. The highest BCUT2D eigenvalue weighted by Gasteiger charge is 2.12. The summed E-state index contributed by atoms with van der Waals surface area (Å²) in [6, 6.07) is 17.3. The summed E-state index contributed by atoms with van der Waals surface area (Å²) in [6.07, 6.45) is 3.37. The molecule has 3 aromatic rings.